The van der Waals surface area contributed by atoms with Crippen LogP contribution >= 0.6 is 0 Å². The fourth-order valence-corrected chi connectivity index (χ4v) is 3.70. The second-order valence-electron chi connectivity index (χ2n) is 7.88. The molecule has 0 aromatic heterocycles. The summed E-state index contributed by atoms with van der Waals surface area (Å²) in [5, 5.41) is 10.6. The predicted molar refractivity (Wildman–Crippen MR) is 114 cm³/mol. The first kappa shape index (κ1) is 23.6. The van der Waals surface area contributed by atoms with Gasteiger partial charge in [0.1, 0.15) is 5.75 Å². The first-order valence-electron chi connectivity index (χ1n) is 10.5. The molecule has 2 rings (SSSR count). The Labute approximate surface area is 178 Å². The van der Waals surface area contributed by atoms with E-state index in [0.717, 1.165) is 13.1 Å². The standard InChI is InChI=1S/C23H32N2O5/c1-6-24(7-2)11-12-25-21(17-9-8-10-18(14-17)30-16(5)26)20(22(28)23(25)29)19(27)13-15(3)4/h8-10,14-15,21,28H,6-7,11-13H2,1-5H3. The number of esters is 1. The first-order chi connectivity index (χ1) is 14.2. The summed E-state index contributed by atoms with van der Waals surface area (Å²) in [5.74, 6) is -1.31. The van der Waals surface area contributed by atoms with Crippen molar-refractivity contribution in [2.24, 2.45) is 5.92 Å². The molecule has 1 aromatic rings. The van der Waals surface area contributed by atoms with E-state index in [1.54, 1.807) is 24.3 Å². The Morgan fingerprint density at radius 1 is 1.23 bits per heavy atom. The number of benzene rings is 1. The maximum atomic E-state index is 13.0. The zero-order chi connectivity index (χ0) is 22.4. The van der Waals surface area contributed by atoms with Crippen LogP contribution in [0.3, 0.4) is 0 Å². The molecule has 0 fully saturated rings. The molecule has 1 heterocycles. The van der Waals surface area contributed by atoms with Crippen molar-refractivity contribution >= 4 is 17.7 Å². The molecule has 0 bridgehead atoms. The average Bonchev–Trinajstić information content (AvgIpc) is 2.93. The number of hydrogen-bond donors (Lipinski definition) is 1. The number of ether oxygens (including phenoxy) is 1. The van der Waals surface area contributed by atoms with Crippen LogP contribution in [0.4, 0.5) is 0 Å². The number of rotatable bonds is 10. The van der Waals surface area contributed by atoms with E-state index >= 15 is 0 Å². The van der Waals surface area contributed by atoms with E-state index < -0.39 is 23.7 Å². The minimum absolute atomic E-state index is 0.0886. The lowest BCUT2D eigenvalue weighted by atomic mass is 9.92. The molecular formula is C23H32N2O5. The molecule has 164 valence electrons. The van der Waals surface area contributed by atoms with Crippen LogP contribution in [-0.2, 0) is 14.4 Å². The molecule has 0 saturated carbocycles. The molecule has 1 amide bonds. The number of aliphatic hydroxyl groups excluding tert-OH is 1. The van der Waals surface area contributed by atoms with Crippen LogP contribution in [0.1, 0.15) is 52.6 Å². The SMILES string of the molecule is CCN(CC)CCN1C(=O)C(O)=C(C(=O)CC(C)C)C1c1cccc(OC(C)=O)c1. The smallest absolute Gasteiger partial charge is 0.308 e. The molecular weight excluding hydrogens is 384 g/mol. The van der Waals surface area contributed by atoms with Gasteiger partial charge in [-0.05, 0) is 36.7 Å². The maximum Gasteiger partial charge on any atom is 0.308 e. The van der Waals surface area contributed by atoms with Crippen LogP contribution in [-0.4, -0.2) is 58.7 Å². The minimum Gasteiger partial charge on any atom is -0.503 e. The van der Waals surface area contributed by atoms with Crippen molar-refractivity contribution < 1.29 is 24.2 Å². The molecule has 1 atom stereocenters. The third kappa shape index (κ3) is 5.48. The summed E-state index contributed by atoms with van der Waals surface area (Å²) < 4.78 is 5.18. The van der Waals surface area contributed by atoms with E-state index in [-0.39, 0.29) is 23.7 Å². The number of amides is 1. The molecule has 30 heavy (non-hydrogen) atoms. The molecule has 0 saturated heterocycles. The number of carbonyl (C=O) groups is 3. The van der Waals surface area contributed by atoms with E-state index in [9.17, 15) is 19.5 Å². The normalized spacial score (nSPS) is 16.7. The third-order valence-corrected chi connectivity index (χ3v) is 5.18. The number of aliphatic hydroxyl groups is 1. The Morgan fingerprint density at radius 2 is 1.90 bits per heavy atom. The average molecular weight is 417 g/mol. The van der Waals surface area contributed by atoms with Gasteiger partial charge in [0.05, 0.1) is 11.6 Å². The first-order valence-corrected chi connectivity index (χ1v) is 10.5. The number of nitrogens with zero attached hydrogens (tertiary/aromatic N) is 2. The Balaban J connectivity index is 2.46. The van der Waals surface area contributed by atoms with Crippen LogP contribution in [0, 0.1) is 5.92 Å². The van der Waals surface area contributed by atoms with Crippen LogP contribution in [0.25, 0.3) is 0 Å². The number of hydrogen-bond acceptors (Lipinski definition) is 6. The highest BCUT2D eigenvalue weighted by molar-refractivity contribution is 6.09. The summed E-state index contributed by atoms with van der Waals surface area (Å²) >= 11 is 0. The van der Waals surface area contributed by atoms with Gasteiger partial charge in [-0.25, -0.2) is 0 Å². The molecule has 7 nitrogen and oxygen atoms in total. The lowest BCUT2D eigenvalue weighted by Gasteiger charge is -2.29. The summed E-state index contributed by atoms with van der Waals surface area (Å²) in [4.78, 5) is 40.9. The van der Waals surface area contributed by atoms with Crippen molar-refractivity contribution in [3.63, 3.8) is 0 Å². The predicted octanol–water partition coefficient (Wildman–Crippen LogP) is 3.26. The highest BCUT2D eigenvalue weighted by Crippen LogP contribution is 2.39. The lowest BCUT2D eigenvalue weighted by Crippen LogP contribution is -2.38. The van der Waals surface area contributed by atoms with E-state index in [4.69, 9.17) is 4.74 Å². The zero-order valence-electron chi connectivity index (χ0n) is 18.5. The summed E-state index contributed by atoms with van der Waals surface area (Å²) in [7, 11) is 0. The largest absolute Gasteiger partial charge is 0.503 e. The second-order valence-corrected chi connectivity index (χ2v) is 7.88. The van der Waals surface area contributed by atoms with Crippen molar-refractivity contribution in [1.29, 1.82) is 0 Å². The highest BCUT2D eigenvalue weighted by Gasteiger charge is 2.43. The quantitative estimate of drug-likeness (QED) is 0.465. The Kier molecular flexibility index (Phi) is 8.17. The van der Waals surface area contributed by atoms with Gasteiger partial charge in [0.15, 0.2) is 11.5 Å². The van der Waals surface area contributed by atoms with Gasteiger partial charge in [0.25, 0.3) is 5.91 Å². The van der Waals surface area contributed by atoms with E-state index in [0.29, 0.717) is 24.4 Å². The Bertz CT molecular complexity index is 827. The molecule has 1 N–H and O–H groups in total. The number of likely N-dealkylation sites (N-methyl/N-ethyl adjacent to an activating group) is 1. The molecule has 1 aromatic carbocycles. The molecule has 7 heteroatoms. The van der Waals surface area contributed by atoms with Gasteiger partial charge in [0, 0.05) is 26.4 Å². The van der Waals surface area contributed by atoms with Gasteiger partial charge >= 0.3 is 5.97 Å². The Morgan fingerprint density at radius 3 is 2.47 bits per heavy atom. The maximum absolute atomic E-state index is 13.0. The monoisotopic (exact) mass is 416 g/mol. The summed E-state index contributed by atoms with van der Waals surface area (Å²) in [6.45, 7) is 11.9. The summed E-state index contributed by atoms with van der Waals surface area (Å²) in [5.41, 5.74) is 0.742. The van der Waals surface area contributed by atoms with Gasteiger partial charge in [-0.3, -0.25) is 14.4 Å². The van der Waals surface area contributed by atoms with Gasteiger partial charge in [-0.1, -0.05) is 39.8 Å². The molecule has 1 aliphatic rings. The number of ketones is 1. The van der Waals surface area contributed by atoms with Gasteiger partial charge in [-0.15, -0.1) is 0 Å². The minimum atomic E-state index is -0.713. The molecule has 0 radical (unpaired) electrons. The van der Waals surface area contributed by atoms with Crippen molar-refractivity contribution in [3.8, 4) is 5.75 Å². The van der Waals surface area contributed by atoms with Crippen molar-refractivity contribution in [2.45, 2.75) is 47.1 Å². The molecule has 0 aliphatic carbocycles. The van der Waals surface area contributed by atoms with Crippen LogP contribution < -0.4 is 4.74 Å². The summed E-state index contributed by atoms with van der Waals surface area (Å²) in [6, 6.07) is 6.05. The van der Waals surface area contributed by atoms with Gasteiger partial charge < -0.3 is 19.6 Å². The third-order valence-electron chi connectivity index (χ3n) is 5.18. The van der Waals surface area contributed by atoms with Crippen LogP contribution in [0.15, 0.2) is 35.6 Å². The fourth-order valence-electron chi connectivity index (χ4n) is 3.70. The van der Waals surface area contributed by atoms with Gasteiger partial charge in [-0.2, -0.15) is 0 Å². The van der Waals surface area contributed by atoms with E-state index in [2.05, 4.69) is 4.90 Å². The van der Waals surface area contributed by atoms with E-state index in [1.807, 2.05) is 27.7 Å². The van der Waals surface area contributed by atoms with Gasteiger partial charge in [0.2, 0.25) is 0 Å². The highest BCUT2D eigenvalue weighted by atomic mass is 16.5. The summed E-state index contributed by atoms with van der Waals surface area (Å²) in [6.07, 6.45) is 0.233. The molecule has 1 aliphatic heterocycles. The fraction of sp³-hybridized carbons (Fsp3) is 0.522. The van der Waals surface area contributed by atoms with E-state index in [1.165, 1.54) is 11.8 Å². The zero-order valence-corrected chi connectivity index (χ0v) is 18.5. The number of carbonyl (C=O) groups excluding carboxylic acids is 3. The van der Waals surface area contributed by atoms with Crippen molar-refractivity contribution in [3.05, 3.63) is 41.2 Å². The van der Waals surface area contributed by atoms with Crippen molar-refractivity contribution in [2.75, 3.05) is 26.2 Å². The molecule has 1 unspecified atom stereocenters. The van der Waals surface area contributed by atoms with Crippen LogP contribution in [0.2, 0.25) is 0 Å². The molecule has 0 spiro atoms. The second kappa shape index (κ2) is 10.4. The topological polar surface area (TPSA) is 87.2 Å². The Hall–Kier alpha value is -2.67. The van der Waals surface area contributed by atoms with Crippen LogP contribution in [0.5, 0.6) is 5.75 Å². The number of Topliss-reactive ketones (excluding diaryl/α,β-unsaturated/α-hetero) is 1. The van der Waals surface area contributed by atoms with Crippen molar-refractivity contribution in [1.82, 2.24) is 9.80 Å². The lowest BCUT2D eigenvalue weighted by molar-refractivity contribution is -0.132.